The molecule has 1 heterocycles. The number of ether oxygens (including phenoxy) is 1. The van der Waals surface area contributed by atoms with Crippen molar-refractivity contribution in [2.24, 2.45) is 0 Å². The number of nitrogens with zero attached hydrogens (tertiary/aromatic N) is 1. The van der Waals surface area contributed by atoms with Crippen molar-refractivity contribution in [1.82, 2.24) is 10.2 Å². The van der Waals surface area contributed by atoms with Crippen LogP contribution >= 0.6 is 11.6 Å². The van der Waals surface area contributed by atoms with E-state index in [2.05, 4.69) is 41.6 Å². The van der Waals surface area contributed by atoms with Gasteiger partial charge in [-0.15, -0.1) is 0 Å². The minimum Gasteiger partial charge on any atom is -0.456 e. The number of fused-ring (bicyclic) bond motifs is 1. The Balaban J connectivity index is 1.59. The second-order valence-electron chi connectivity index (χ2n) is 11.2. The molecule has 0 fully saturated rings. The summed E-state index contributed by atoms with van der Waals surface area (Å²) in [5.41, 5.74) is 2.27. The number of carbonyl (C=O) groups excluding carboxylic acids is 3. The van der Waals surface area contributed by atoms with Crippen molar-refractivity contribution in [2.45, 2.75) is 52.6 Å². The Labute approximate surface area is 232 Å². The van der Waals surface area contributed by atoms with Crippen molar-refractivity contribution < 1.29 is 19.1 Å². The number of aromatic nitrogens is 2. The minimum absolute atomic E-state index is 0.0344. The Kier molecular flexibility index (Phi) is 7.52. The highest BCUT2D eigenvalue weighted by Gasteiger charge is 2.24. The van der Waals surface area contributed by atoms with E-state index in [4.69, 9.17) is 16.3 Å². The van der Waals surface area contributed by atoms with Crippen LogP contribution in [0, 0.1) is 0 Å². The van der Waals surface area contributed by atoms with Gasteiger partial charge >= 0.3 is 5.97 Å². The summed E-state index contributed by atoms with van der Waals surface area (Å²) in [6, 6.07) is 17.2. The maximum absolute atomic E-state index is 13.3. The third-order valence-electron chi connectivity index (χ3n) is 5.92. The molecule has 0 bridgehead atoms. The summed E-state index contributed by atoms with van der Waals surface area (Å²) in [5.74, 6) is -1.42. The van der Waals surface area contributed by atoms with Gasteiger partial charge in [-0.05, 0) is 68.1 Å². The van der Waals surface area contributed by atoms with Gasteiger partial charge in [0.2, 0.25) is 0 Å². The Hall–Kier alpha value is -4.17. The van der Waals surface area contributed by atoms with Crippen molar-refractivity contribution in [3.05, 3.63) is 88.1 Å². The number of benzene rings is 3. The third kappa shape index (κ3) is 6.46. The predicted molar refractivity (Wildman–Crippen MR) is 154 cm³/mol. The van der Waals surface area contributed by atoms with Crippen molar-refractivity contribution in [3.63, 3.8) is 0 Å². The van der Waals surface area contributed by atoms with Crippen LogP contribution in [0.15, 0.2) is 60.7 Å². The Morgan fingerprint density at radius 1 is 0.846 bits per heavy atom. The Morgan fingerprint density at radius 2 is 1.51 bits per heavy atom. The number of carbonyl (C=O) groups is 3. The lowest BCUT2D eigenvalue weighted by atomic mass is 9.86. The van der Waals surface area contributed by atoms with E-state index in [0.29, 0.717) is 27.8 Å². The normalized spacial score (nSPS) is 11.8. The van der Waals surface area contributed by atoms with Crippen molar-refractivity contribution in [3.8, 4) is 0 Å². The van der Waals surface area contributed by atoms with E-state index in [1.807, 2.05) is 12.1 Å². The van der Waals surface area contributed by atoms with Gasteiger partial charge < -0.3 is 15.4 Å². The van der Waals surface area contributed by atoms with Crippen molar-refractivity contribution in [1.29, 1.82) is 0 Å². The van der Waals surface area contributed by atoms with Gasteiger partial charge in [0.05, 0.1) is 27.7 Å². The molecular formula is C30H31ClN4O4. The number of anilines is 2. The number of halogens is 1. The van der Waals surface area contributed by atoms with Gasteiger partial charge in [-0.2, -0.15) is 5.10 Å². The van der Waals surface area contributed by atoms with Crippen LogP contribution in [0.5, 0.6) is 0 Å². The van der Waals surface area contributed by atoms with Crippen LogP contribution in [0.25, 0.3) is 10.9 Å². The molecular weight excluding hydrogens is 516 g/mol. The van der Waals surface area contributed by atoms with E-state index in [9.17, 15) is 14.4 Å². The van der Waals surface area contributed by atoms with Gasteiger partial charge in [-0.1, -0.05) is 56.6 Å². The number of hydrogen-bond donors (Lipinski definition) is 3. The van der Waals surface area contributed by atoms with Gasteiger partial charge in [-0.3, -0.25) is 14.7 Å². The quantitative estimate of drug-likeness (QED) is 0.234. The van der Waals surface area contributed by atoms with Crippen LogP contribution in [-0.4, -0.2) is 33.6 Å². The molecule has 3 N–H and O–H groups in total. The minimum atomic E-state index is -0.733. The second-order valence-corrected chi connectivity index (χ2v) is 11.6. The van der Waals surface area contributed by atoms with Crippen LogP contribution < -0.4 is 10.6 Å². The molecule has 0 aliphatic heterocycles. The first-order chi connectivity index (χ1) is 18.2. The number of aromatic amines is 1. The first kappa shape index (κ1) is 27.9. The number of hydrogen-bond acceptors (Lipinski definition) is 5. The van der Waals surface area contributed by atoms with Gasteiger partial charge in [0, 0.05) is 11.3 Å². The average molecular weight is 547 g/mol. The highest BCUT2D eigenvalue weighted by molar-refractivity contribution is 6.35. The largest absolute Gasteiger partial charge is 0.456 e. The molecule has 0 saturated heterocycles. The maximum atomic E-state index is 13.3. The number of para-hydroxylation sites is 1. The predicted octanol–water partition coefficient (Wildman–Crippen LogP) is 6.97. The number of amides is 2. The summed E-state index contributed by atoms with van der Waals surface area (Å²) in [6.07, 6.45) is 0. The summed E-state index contributed by atoms with van der Waals surface area (Å²) in [6.45, 7) is 11.6. The molecule has 2 amide bonds. The molecule has 8 nitrogen and oxygen atoms in total. The van der Waals surface area contributed by atoms with Crippen LogP contribution in [0.1, 0.15) is 78.2 Å². The zero-order valence-electron chi connectivity index (χ0n) is 22.7. The summed E-state index contributed by atoms with van der Waals surface area (Å²) < 4.78 is 5.53. The SMILES string of the molecule is CC(C)(C)OC(=O)c1cc(NC(=O)c2ccccc2NC(=O)c2ccc(C(C)(C)C)cc2)cc2n[nH]c(Cl)c12. The molecule has 0 aliphatic rings. The van der Waals surface area contributed by atoms with E-state index >= 15 is 0 Å². The lowest BCUT2D eigenvalue weighted by Gasteiger charge is -2.20. The molecule has 3 aromatic carbocycles. The zero-order chi connectivity index (χ0) is 28.5. The number of rotatable bonds is 5. The fraction of sp³-hybridized carbons (Fsp3) is 0.267. The van der Waals surface area contributed by atoms with Crippen LogP contribution in [0.3, 0.4) is 0 Å². The van der Waals surface area contributed by atoms with Crippen LogP contribution in [-0.2, 0) is 10.2 Å². The molecule has 0 saturated carbocycles. The van der Waals surface area contributed by atoms with Crippen LogP contribution in [0.2, 0.25) is 5.15 Å². The molecule has 9 heteroatoms. The molecule has 0 spiro atoms. The molecule has 0 radical (unpaired) electrons. The molecule has 0 aliphatic carbocycles. The highest BCUT2D eigenvalue weighted by Crippen LogP contribution is 2.30. The smallest absolute Gasteiger partial charge is 0.339 e. The first-order valence-electron chi connectivity index (χ1n) is 12.5. The summed E-state index contributed by atoms with van der Waals surface area (Å²) in [4.78, 5) is 39.2. The molecule has 202 valence electrons. The van der Waals surface area contributed by atoms with E-state index in [1.165, 1.54) is 6.07 Å². The van der Waals surface area contributed by atoms with Gasteiger partial charge in [0.1, 0.15) is 10.8 Å². The monoisotopic (exact) mass is 546 g/mol. The second kappa shape index (κ2) is 10.5. The van der Waals surface area contributed by atoms with E-state index < -0.39 is 17.5 Å². The van der Waals surface area contributed by atoms with Crippen molar-refractivity contribution >= 4 is 51.7 Å². The molecule has 0 unspecified atom stereocenters. The Morgan fingerprint density at radius 3 is 2.15 bits per heavy atom. The standard InChI is InChI=1S/C30H31ClN4O4/c1-29(2,3)18-13-11-17(12-14-18)26(36)33-22-10-8-7-9-20(22)27(37)32-19-15-21(28(38)39-30(4,5)6)24-23(16-19)34-35-25(24)31/h7-16H,1-6H3,(H,32,37)(H,33,36)(H,34,35). The number of H-pyrrole nitrogens is 1. The van der Waals surface area contributed by atoms with Crippen LogP contribution in [0.4, 0.5) is 11.4 Å². The highest BCUT2D eigenvalue weighted by atomic mass is 35.5. The van der Waals surface area contributed by atoms with E-state index in [-0.39, 0.29) is 27.6 Å². The summed E-state index contributed by atoms with van der Waals surface area (Å²) in [7, 11) is 0. The van der Waals surface area contributed by atoms with Gasteiger partial charge in [0.15, 0.2) is 0 Å². The number of nitrogens with one attached hydrogen (secondary N) is 3. The average Bonchev–Trinajstić information content (AvgIpc) is 3.22. The molecule has 39 heavy (non-hydrogen) atoms. The van der Waals surface area contributed by atoms with E-state index in [1.54, 1.807) is 63.2 Å². The third-order valence-corrected chi connectivity index (χ3v) is 6.19. The first-order valence-corrected chi connectivity index (χ1v) is 12.8. The summed E-state index contributed by atoms with van der Waals surface area (Å²) >= 11 is 6.24. The lowest BCUT2D eigenvalue weighted by Crippen LogP contribution is -2.24. The Bertz CT molecular complexity index is 1560. The number of esters is 1. The molecule has 1 aromatic heterocycles. The topological polar surface area (TPSA) is 113 Å². The summed E-state index contributed by atoms with van der Waals surface area (Å²) in [5, 5.41) is 13.0. The van der Waals surface area contributed by atoms with Crippen molar-refractivity contribution in [2.75, 3.05) is 10.6 Å². The fourth-order valence-electron chi connectivity index (χ4n) is 3.98. The lowest BCUT2D eigenvalue weighted by molar-refractivity contribution is 0.00716. The fourth-order valence-corrected chi connectivity index (χ4v) is 4.22. The van der Waals surface area contributed by atoms with Gasteiger partial charge in [0.25, 0.3) is 11.8 Å². The molecule has 0 atom stereocenters. The van der Waals surface area contributed by atoms with E-state index in [0.717, 1.165) is 5.56 Å². The van der Waals surface area contributed by atoms with Gasteiger partial charge in [-0.25, -0.2) is 4.79 Å². The molecule has 4 aromatic rings. The maximum Gasteiger partial charge on any atom is 0.339 e. The molecule has 4 rings (SSSR count). The zero-order valence-corrected chi connectivity index (χ0v) is 23.5.